The van der Waals surface area contributed by atoms with Crippen molar-refractivity contribution < 1.29 is 4.74 Å². The summed E-state index contributed by atoms with van der Waals surface area (Å²) in [6.07, 6.45) is 3.89. The molecule has 82 valence electrons. The van der Waals surface area contributed by atoms with E-state index < -0.39 is 0 Å². The van der Waals surface area contributed by atoms with Crippen LogP contribution < -0.4 is 10.9 Å². The van der Waals surface area contributed by atoms with Gasteiger partial charge in [-0.25, -0.2) is 0 Å². The third kappa shape index (κ3) is 2.04. The van der Waals surface area contributed by atoms with Gasteiger partial charge in [0, 0.05) is 19.9 Å². The first kappa shape index (κ1) is 10.2. The fourth-order valence-corrected chi connectivity index (χ4v) is 1.93. The van der Waals surface area contributed by atoms with Crippen molar-refractivity contribution in [1.29, 1.82) is 0 Å². The van der Waals surface area contributed by atoms with Crippen molar-refractivity contribution in [2.24, 2.45) is 0 Å². The number of anilines is 1. The lowest BCUT2D eigenvalue weighted by Crippen LogP contribution is -2.30. The Morgan fingerprint density at radius 2 is 2.47 bits per heavy atom. The van der Waals surface area contributed by atoms with Crippen LogP contribution in [0.25, 0.3) is 0 Å². The lowest BCUT2D eigenvalue weighted by molar-refractivity contribution is 0.0580. The molecule has 1 saturated heterocycles. The van der Waals surface area contributed by atoms with Crippen LogP contribution in [0.1, 0.15) is 18.9 Å². The summed E-state index contributed by atoms with van der Waals surface area (Å²) in [5.41, 5.74) is 0.679. The molecule has 0 saturated carbocycles. The standard InChI is InChI=1S/C11H16N2O2/c1-12-10-5-2-6-13(11(10)14)9-4-3-7-15-8-9/h2,5-6,9,12H,3-4,7-8H2,1H3/t9-/m0/s1. The predicted octanol–water partition coefficient (Wildman–Crippen LogP) is 1.24. The average Bonchev–Trinajstić information content (AvgIpc) is 2.30. The normalized spacial score (nSPS) is 21.3. The van der Waals surface area contributed by atoms with E-state index in [1.165, 1.54) is 0 Å². The van der Waals surface area contributed by atoms with E-state index in [0.717, 1.165) is 19.4 Å². The Hall–Kier alpha value is -1.29. The molecular formula is C11H16N2O2. The number of aromatic nitrogens is 1. The van der Waals surface area contributed by atoms with Crippen LogP contribution in [0.2, 0.25) is 0 Å². The Morgan fingerprint density at radius 3 is 3.13 bits per heavy atom. The summed E-state index contributed by atoms with van der Waals surface area (Å²) >= 11 is 0. The molecule has 1 aromatic rings. The maximum atomic E-state index is 11.9. The summed E-state index contributed by atoms with van der Waals surface area (Å²) in [6.45, 7) is 1.46. The number of hydrogen-bond acceptors (Lipinski definition) is 3. The van der Waals surface area contributed by atoms with Crippen LogP contribution in [0, 0.1) is 0 Å². The van der Waals surface area contributed by atoms with Crippen LogP contribution in [0.15, 0.2) is 23.1 Å². The summed E-state index contributed by atoms with van der Waals surface area (Å²) < 4.78 is 7.15. The molecule has 0 amide bonds. The summed E-state index contributed by atoms with van der Waals surface area (Å²) in [5.74, 6) is 0. The number of nitrogens with zero attached hydrogens (tertiary/aromatic N) is 1. The molecule has 2 rings (SSSR count). The van der Waals surface area contributed by atoms with Gasteiger partial charge in [-0.3, -0.25) is 4.79 Å². The molecule has 0 spiro atoms. The molecule has 1 aromatic heterocycles. The molecule has 0 aliphatic carbocycles. The number of ether oxygens (including phenoxy) is 1. The predicted molar refractivity (Wildman–Crippen MR) is 59.3 cm³/mol. The molecule has 1 aliphatic heterocycles. The molecule has 1 atom stereocenters. The molecule has 15 heavy (non-hydrogen) atoms. The van der Waals surface area contributed by atoms with E-state index in [2.05, 4.69) is 5.32 Å². The zero-order valence-electron chi connectivity index (χ0n) is 8.90. The highest BCUT2D eigenvalue weighted by atomic mass is 16.5. The van der Waals surface area contributed by atoms with E-state index in [1.807, 2.05) is 12.3 Å². The fourth-order valence-electron chi connectivity index (χ4n) is 1.93. The lowest BCUT2D eigenvalue weighted by atomic mass is 10.1. The van der Waals surface area contributed by atoms with Gasteiger partial charge in [0.05, 0.1) is 12.6 Å². The Bertz CT molecular complexity index is 380. The Balaban J connectivity index is 2.30. The second-order valence-electron chi connectivity index (χ2n) is 3.76. The third-order valence-corrected chi connectivity index (χ3v) is 2.77. The topological polar surface area (TPSA) is 43.3 Å². The van der Waals surface area contributed by atoms with Gasteiger partial charge in [0.2, 0.25) is 0 Å². The van der Waals surface area contributed by atoms with Gasteiger partial charge in [-0.1, -0.05) is 0 Å². The van der Waals surface area contributed by atoms with Crippen LogP contribution in [-0.2, 0) is 4.74 Å². The Labute approximate surface area is 88.9 Å². The van der Waals surface area contributed by atoms with E-state index in [0.29, 0.717) is 12.3 Å². The summed E-state index contributed by atoms with van der Waals surface area (Å²) in [4.78, 5) is 11.9. The first-order chi connectivity index (χ1) is 7.33. The van der Waals surface area contributed by atoms with Gasteiger partial charge in [0.1, 0.15) is 5.69 Å². The number of nitrogens with one attached hydrogen (secondary N) is 1. The molecule has 0 aromatic carbocycles. The smallest absolute Gasteiger partial charge is 0.274 e. The molecule has 2 heterocycles. The van der Waals surface area contributed by atoms with Crippen molar-refractivity contribution in [3.05, 3.63) is 28.7 Å². The maximum Gasteiger partial charge on any atom is 0.274 e. The molecule has 1 aliphatic rings. The van der Waals surface area contributed by atoms with Gasteiger partial charge < -0.3 is 14.6 Å². The zero-order valence-corrected chi connectivity index (χ0v) is 8.90. The highest BCUT2D eigenvalue weighted by Crippen LogP contribution is 2.17. The first-order valence-electron chi connectivity index (χ1n) is 5.29. The van der Waals surface area contributed by atoms with Crippen LogP contribution >= 0.6 is 0 Å². The van der Waals surface area contributed by atoms with Crippen molar-refractivity contribution in [3.8, 4) is 0 Å². The second-order valence-corrected chi connectivity index (χ2v) is 3.76. The van der Waals surface area contributed by atoms with Crippen LogP contribution in [-0.4, -0.2) is 24.8 Å². The van der Waals surface area contributed by atoms with Crippen molar-refractivity contribution >= 4 is 5.69 Å². The van der Waals surface area contributed by atoms with E-state index in [1.54, 1.807) is 17.7 Å². The first-order valence-corrected chi connectivity index (χ1v) is 5.29. The highest BCUT2D eigenvalue weighted by molar-refractivity contribution is 5.39. The van der Waals surface area contributed by atoms with Crippen molar-refractivity contribution in [1.82, 2.24) is 4.57 Å². The highest BCUT2D eigenvalue weighted by Gasteiger charge is 2.17. The van der Waals surface area contributed by atoms with Gasteiger partial charge in [0.15, 0.2) is 0 Å². The Morgan fingerprint density at radius 1 is 1.60 bits per heavy atom. The van der Waals surface area contributed by atoms with E-state index in [-0.39, 0.29) is 11.6 Å². The summed E-state index contributed by atoms with van der Waals surface area (Å²) in [5, 5.41) is 2.90. The van der Waals surface area contributed by atoms with Gasteiger partial charge >= 0.3 is 0 Å². The van der Waals surface area contributed by atoms with E-state index in [4.69, 9.17) is 4.74 Å². The van der Waals surface area contributed by atoms with Gasteiger partial charge in [0.25, 0.3) is 5.56 Å². The van der Waals surface area contributed by atoms with E-state index in [9.17, 15) is 4.79 Å². The minimum absolute atomic E-state index is 0.0375. The molecule has 0 radical (unpaired) electrons. The van der Waals surface area contributed by atoms with Crippen molar-refractivity contribution in [2.75, 3.05) is 25.6 Å². The average molecular weight is 208 g/mol. The van der Waals surface area contributed by atoms with Crippen LogP contribution in [0.4, 0.5) is 5.69 Å². The molecule has 4 heteroatoms. The minimum Gasteiger partial charge on any atom is -0.384 e. The van der Waals surface area contributed by atoms with Crippen molar-refractivity contribution in [2.45, 2.75) is 18.9 Å². The van der Waals surface area contributed by atoms with Crippen LogP contribution in [0.5, 0.6) is 0 Å². The second kappa shape index (κ2) is 4.49. The molecule has 1 N–H and O–H groups in total. The fraction of sp³-hybridized carbons (Fsp3) is 0.545. The molecule has 4 nitrogen and oxygen atoms in total. The largest absolute Gasteiger partial charge is 0.384 e. The third-order valence-electron chi connectivity index (χ3n) is 2.77. The summed E-state index contributed by atoms with van der Waals surface area (Å²) in [6, 6.07) is 3.88. The van der Waals surface area contributed by atoms with Gasteiger partial charge in [-0.05, 0) is 25.0 Å². The lowest BCUT2D eigenvalue weighted by Gasteiger charge is -2.24. The number of hydrogen-bond donors (Lipinski definition) is 1. The number of pyridine rings is 1. The Kier molecular flexibility index (Phi) is 3.06. The zero-order chi connectivity index (χ0) is 10.7. The minimum atomic E-state index is 0.0375. The SMILES string of the molecule is CNc1cccn([C@H]2CCCOC2)c1=O. The molecule has 0 unspecified atom stereocenters. The van der Waals surface area contributed by atoms with Crippen LogP contribution in [0.3, 0.4) is 0 Å². The summed E-state index contributed by atoms with van der Waals surface area (Å²) in [7, 11) is 1.76. The quantitative estimate of drug-likeness (QED) is 0.795. The van der Waals surface area contributed by atoms with Gasteiger partial charge in [-0.15, -0.1) is 0 Å². The molecular weight excluding hydrogens is 192 g/mol. The number of rotatable bonds is 2. The van der Waals surface area contributed by atoms with Gasteiger partial charge in [-0.2, -0.15) is 0 Å². The molecule has 1 fully saturated rings. The maximum absolute atomic E-state index is 11.9. The monoisotopic (exact) mass is 208 g/mol. The van der Waals surface area contributed by atoms with E-state index >= 15 is 0 Å². The molecule has 0 bridgehead atoms. The van der Waals surface area contributed by atoms with Crippen molar-refractivity contribution in [3.63, 3.8) is 0 Å².